The Morgan fingerprint density at radius 3 is 2.82 bits per heavy atom. The van der Waals surface area contributed by atoms with Crippen molar-refractivity contribution in [3.8, 4) is 0 Å². The molecule has 2 N–H and O–H groups in total. The summed E-state index contributed by atoms with van der Waals surface area (Å²) in [4.78, 5) is 14.6. The summed E-state index contributed by atoms with van der Waals surface area (Å²) in [5.41, 5.74) is 1.95. The smallest absolute Gasteiger partial charge is 0.254 e. The van der Waals surface area contributed by atoms with Crippen molar-refractivity contribution in [1.29, 1.82) is 0 Å². The molecule has 3 aliphatic rings. The molecule has 0 radical (unpaired) electrons. The SMILES string of the molecule is Cl.O=C(c1cccc(CNC2CCCC2C2COCCN2)c1)N1CCOCC1. The number of rotatable bonds is 5. The predicted molar refractivity (Wildman–Crippen MR) is 111 cm³/mol. The van der Waals surface area contributed by atoms with Crippen LogP contribution in [0.2, 0.25) is 0 Å². The first-order valence-corrected chi connectivity index (χ1v) is 10.3. The molecule has 1 aliphatic carbocycles. The molecule has 3 fully saturated rings. The van der Waals surface area contributed by atoms with Gasteiger partial charge in [0.15, 0.2) is 0 Å². The van der Waals surface area contributed by atoms with Crippen molar-refractivity contribution >= 4 is 18.3 Å². The van der Waals surface area contributed by atoms with Crippen LogP contribution in [0.4, 0.5) is 0 Å². The van der Waals surface area contributed by atoms with Crippen LogP contribution in [0.25, 0.3) is 0 Å². The molecule has 1 aromatic carbocycles. The number of ether oxygens (including phenoxy) is 2. The second-order valence-corrected chi connectivity index (χ2v) is 7.82. The van der Waals surface area contributed by atoms with Crippen molar-refractivity contribution in [1.82, 2.24) is 15.5 Å². The summed E-state index contributed by atoms with van der Waals surface area (Å²) >= 11 is 0. The highest BCUT2D eigenvalue weighted by atomic mass is 35.5. The van der Waals surface area contributed by atoms with E-state index in [1.165, 1.54) is 24.8 Å². The molecular formula is C21H32ClN3O3. The molecule has 1 aromatic rings. The zero-order valence-corrected chi connectivity index (χ0v) is 17.2. The van der Waals surface area contributed by atoms with Gasteiger partial charge in [0.05, 0.1) is 26.4 Å². The van der Waals surface area contributed by atoms with Crippen LogP contribution in [0.1, 0.15) is 35.2 Å². The van der Waals surface area contributed by atoms with Crippen molar-refractivity contribution in [2.75, 3.05) is 46.1 Å². The Labute approximate surface area is 173 Å². The third-order valence-corrected chi connectivity index (χ3v) is 6.08. The molecule has 7 heteroatoms. The standard InChI is InChI=1S/C21H31N3O3.ClH/c25-21(24-8-11-26-12-9-24)17-4-1-3-16(13-17)14-23-19-6-2-5-18(19)20-15-27-10-7-22-20;/h1,3-4,13,18-20,22-23H,2,5-12,14-15H2;1H. The van der Waals surface area contributed by atoms with E-state index in [4.69, 9.17) is 9.47 Å². The lowest BCUT2D eigenvalue weighted by atomic mass is 9.94. The van der Waals surface area contributed by atoms with Crippen LogP contribution < -0.4 is 10.6 Å². The van der Waals surface area contributed by atoms with E-state index >= 15 is 0 Å². The maximum Gasteiger partial charge on any atom is 0.254 e. The van der Waals surface area contributed by atoms with Gasteiger partial charge in [0, 0.05) is 43.8 Å². The number of carbonyl (C=O) groups is 1. The van der Waals surface area contributed by atoms with Crippen LogP contribution in [0, 0.1) is 5.92 Å². The Bertz CT molecular complexity index is 633. The van der Waals surface area contributed by atoms with E-state index in [9.17, 15) is 4.79 Å². The highest BCUT2D eigenvalue weighted by Gasteiger charge is 2.34. The van der Waals surface area contributed by atoms with Gasteiger partial charge in [-0.15, -0.1) is 12.4 Å². The maximum absolute atomic E-state index is 12.7. The lowest BCUT2D eigenvalue weighted by Crippen LogP contribution is -2.50. The van der Waals surface area contributed by atoms with Crippen molar-refractivity contribution in [2.45, 2.75) is 37.9 Å². The summed E-state index contributed by atoms with van der Waals surface area (Å²) in [6.45, 7) is 6.04. The van der Waals surface area contributed by atoms with E-state index in [1.54, 1.807) is 0 Å². The van der Waals surface area contributed by atoms with Crippen LogP contribution in [0.3, 0.4) is 0 Å². The van der Waals surface area contributed by atoms with E-state index in [0.717, 1.165) is 31.9 Å². The molecule has 1 saturated carbocycles. The Balaban J connectivity index is 0.00000225. The first kappa shape index (κ1) is 21.5. The van der Waals surface area contributed by atoms with Crippen LogP contribution in [-0.4, -0.2) is 69.0 Å². The van der Waals surface area contributed by atoms with E-state index in [-0.39, 0.29) is 18.3 Å². The van der Waals surface area contributed by atoms with Gasteiger partial charge < -0.3 is 25.0 Å². The summed E-state index contributed by atoms with van der Waals surface area (Å²) in [6, 6.07) is 9.04. The molecule has 4 rings (SSSR count). The van der Waals surface area contributed by atoms with Crippen molar-refractivity contribution in [2.24, 2.45) is 5.92 Å². The molecule has 3 atom stereocenters. The fourth-order valence-electron chi connectivity index (χ4n) is 4.60. The van der Waals surface area contributed by atoms with E-state index in [0.29, 0.717) is 44.3 Å². The van der Waals surface area contributed by atoms with Crippen LogP contribution in [0.15, 0.2) is 24.3 Å². The summed E-state index contributed by atoms with van der Waals surface area (Å²) in [7, 11) is 0. The molecule has 6 nitrogen and oxygen atoms in total. The number of morpholine rings is 2. The summed E-state index contributed by atoms with van der Waals surface area (Å²) in [5, 5.41) is 7.37. The van der Waals surface area contributed by atoms with Crippen LogP contribution >= 0.6 is 12.4 Å². The monoisotopic (exact) mass is 409 g/mol. The molecule has 2 heterocycles. The molecule has 0 spiro atoms. The van der Waals surface area contributed by atoms with E-state index in [1.807, 2.05) is 23.1 Å². The molecule has 2 saturated heterocycles. The maximum atomic E-state index is 12.7. The van der Waals surface area contributed by atoms with Gasteiger partial charge in [0.1, 0.15) is 0 Å². The van der Waals surface area contributed by atoms with Gasteiger partial charge >= 0.3 is 0 Å². The van der Waals surface area contributed by atoms with Crippen LogP contribution in [-0.2, 0) is 16.0 Å². The highest BCUT2D eigenvalue weighted by Crippen LogP contribution is 2.29. The molecule has 3 unspecified atom stereocenters. The second-order valence-electron chi connectivity index (χ2n) is 7.82. The first-order chi connectivity index (χ1) is 13.3. The molecule has 0 bridgehead atoms. The molecule has 2 aliphatic heterocycles. The van der Waals surface area contributed by atoms with Crippen LogP contribution in [0.5, 0.6) is 0 Å². The van der Waals surface area contributed by atoms with Gasteiger partial charge in [-0.3, -0.25) is 4.79 Å². The third-order valence-electron chi connectivity index (χ3n) is 6.08. The van der Waals surface area contributed by atoms with E-state index < -0.39 is 0 Å². The number of hydrogen-bond acceptors (Lipinski definition) is 5. The quantitative estimate of drug-likeness (QED) is 0.776. The Morgan fingerprint density at radius 1 is 1.18 bits per heavy atom. The van der Waals surface area contributed by atoms with Crippen molar-refractivity contribution < 1.29 is 14.3 Å². The molecule has 1 amide bonds. The second kappa shape index (κ2) is 10.6. The normalized spacial score (nSPS) is 28.0. The Kier molecular flexibility index (Phi) is 8.11. The minimum absolute atomic E-state index is 0. The number of halogens is 1. The van der Waals surface area contributed by atoms with E-state index in [2.05, 4.69) is 16.7 Å². The van der Waals surface area contributed by atoms with Crippen molar-refractivity contribution in [3.05, 3.63) is 35.4 Å². The number of hydrogen-bond donors (Lipinski definition) is 2. The van der Waals surface area contributed by atoms with Gasteiger partial charge in [0.2, 0.25) is 0 Å². The number of nitrogens with one attached hydrogen (secondary N) is 2. The highest BCUT2D eigenvalue weighted by molar-refractivity contribution is 5.94. The first-order valence-electron chi connectivity index (χ1n) is 10.3. The number of amides is 1. The minimum Gasteiger partial charge on any atom is -0.379 e. The Hall–Kier alpha value is -1.18. The van der Waals surface area contributed by atoms with Gasteiger partial charge in [-0.05, 0) is 36.5 Å². The lowest BCUT2D eigenvalue weighted by Gasteiger charge is -2.33. The summed E-state index contributed by atoms with van der Waals surface area (Å²) in [5.74, 6) is 0.742. The largest absolute Gasteiger partial charge is 0.379 e. The average molecular weight is 410 g/mol. The van der Waals surface area contributed by atoms with Crippen molar-refractivity contribution in [3.63, 3.8) is 0 Å². The topological polar surface area (TPSA) is 62.8 Å². The number of benzene rings is 1. The van der Waals surface area contributed by atoms with Gasteiger partial charge in [-0.25, -0.2) is 0 Å². The zero-order valence-electron chi connectivity index (χ0n) is 16.4. The molecule has 28 heavy (non-hydrogen) atoms. The Morgan fingerprint density at radius 2 is 2.04 bits per heavy atom. The third kappa shape index (κ3) is 5.24. The fourth-order valence-corrected chi connectivity index (χ4v) is 4.60. The lowest BCUT2D eigenvalue weighted by molar-refractivity contribution is 0.0303. The minimum atomic E-state index is 0. The number of nitrogens with zero attached hydrogens (tertiary/aromatic N) is 1. The van der Waals surface area contributed by atoms with Gasteiger partial charge in [0.25, 0.3) is 5.91 Å². The average Bonchev–Trinajstić information content (AvgIpc) is 3.22. The number of carbonyl (C=O) groups excluding carboxylic acids is 1. The summed E-state index contributed by atoms with van der Waals surface area (Å²) < 4.78 is 11.0. The van der Waals surface area contributed by atoms with Gasteiger partial charge in [-0.2, -0.15) is 0 Å². The summed E-state index contributed by atoms with van der Waals surface area (Å²) in [6.07, 6.45) is 3.75. The molecule has 0 aromatic heterocycles. The zero-order chi connectivity index (χ0) is 18.5. The molecule has 156 valence electrons. The predicted octanol–water partition coefficient (Wildman–Crippen LogP) is 1.83. The molecular weight excluding hydrogens is 378 g/mol. The fraction of sp³-hybridized carbons (Fsp3) is 0.667. The van der Waals surface area contributed by atoms with Gasteiger partial charge in [-0.1, -0.05) is 18.6 Å².